The fourth-order valence-electron chi connectivity index (χ4n) is 10.5. The molecule has 2 heterocycles. The molecule has 354 valence electrons. The van der Waals surface area contributed by atoms with Crippen LogP contribution in [0.15, 0.2) is 200 Å². The van der Waals surface area contributed by atoms with Crippen molar-refractivity contribution in [2.75, 3.05) is 0 Å². The van der Waals surface area contributed by atoms with Gasteiger partial charge in [-0.1, -0.05) is 168 Å². The molecule has 0 N–H and O–H groups in total. The summed E-state index contributed by atoms with van der Waals surface area (Å²) in [6, 6.07) is 68.0. The molecule has 2 aromatic heterocycles. The van der Waals surface area contributed by atoms with Gasteiger partial charge in [-0.3, -0.25) is 0 Å². The van der Waals surface area contributed by atoms with Crippen LogP contribution >= 0.6 is 0 Å². The van der Waals surface area contributed by atoms with Crippen molar-refractivity contribution in [3.63, 3.8) is 0 Å². The molecule has 0 aliphatic carbocycles. The second kappa shape index (κ2) is 17.7. The number of rotatable bonds is 7. The average molecular weight is 963 g/mol. The maximum atomic E-state index is 15.1. The molecule has 12 aromatic rings. The van der Waals surface area contributed by atoms with Crippen LogP contribution in [0.3, 0.4) is 0 Å². The van der Waals surface area contributed by atoms with Gasteiger partial charge in [0, 0.05) is 32.8 Å². The van der Waals surface area contributed by atoms with Gasteiger partial charge in [0.15, 0.2) is 0 Å². The van der Waals surface area contributed by atoms with Crippen LogP contribution in [0.4, 0.5) is 18.9 Å². The highest BCUT2D eigenvalue weighted by Crippen LogP contribution is 2.46. The van der Waals surface area contributed by atoms with Gasteiger partial charge in [0.25, 0.3) is 0 Å². The number of nitriles is 1. The number of nitrogens with zero attached hydrogens (tertiary/aromatic N) is 4. The molecular weight excluding hydrogens is 918 g/mol. The summed E-state index contributed by atoms with van der Waals surface area (Å²) >= 11 is 0. The van der Waals surface area contributed by atoms with Crippen LogP contribution in [-0.2, 0) is 6.18 Å². The van der Waals surface area contributed by atoms with Gasteiger partial charge < -0.3 is 9.13 Å². The number of benzene rings is 10. The third-order valence-electron chi connectivity index (χ3n) is 14.5. The SMILES string of the molecule is [C-]#[N+]c1cc(-n2c3cc(-c4ccc(C)cc4)ccc3c3ccc(-c4ccc(C)cc4)cc32)c(-c2cc(C#N)cc(C(F)(F)F)c2)cc1-n1c2cc(-c3ccc(C)cc3)ccc2c2ccc(-c3ccc(C)cc3)cc21. The Balaban J connectivity index is 1.22. The lowest BCUT2D eigenvalue weighted by atomic mass is 9.96. The first-order valence-electron chi connectivity index (χ1n) is 24.5. The number of hydrogen-bond donors (Lipinski definition) is 0. The standard InChI is InChI=1S/C67H45F3N4/c1-40-6-14-45(15-7-40)49-22-26-55-56-27-23-50(46-16-8-41(2)9-17-46)34-62(56)73(61(55)33-49)65-38-60(72-5)66(37-59(65)53-30-44(39-71)31-54(32-53)67(68,69)70)74-63-35-51(47-18-10-42(3)11-19-47)24-28-57(63)58-29-25-52(36-64(58)74)48-20-12-43(4)13-21-48/h6-38H,1-4H3. The Morgan fingerprint density at radius 3 is 1.05 bits per heavy atom. The number of fused-ring (bicyclic) bond motifs is 6. The monoisotopic (exact) mass is 962 g/mol. The number of aryl methyl sites for hydroxylation is 4. The molecule has 4 nitrogen and oxygen atoms in total. The zero-order chi connectivity index (χ0) is 51.0. The van der Waals surface area contributed by atoms with Crippen molar-refractivity contribution in [3.05, 3.63) is 245 Å². The minimum atomic E-state index is -4.76. The summed E-state index contributed by atoms with van der Waals surface area (Å²) in [5.74, 6) is 0. The molecule has 0 aliphatic rings. The van der Waals surface area contributed by atoms with Gasteiger partial charge in [-0.05, 0) is 132 Å². The van der Waals surface area contributed by atoms with Gasteiger partial charge in [0.05, 0.1) is 51.5 Å². The van der Waals surface area contributed by atoms with Crippen LogP contribution in [0.2, 0.25) is 0 Å². The molecule has 0 atom stereocenters. The minimum absolute atomic E-state index is 0.135. The van der Waals surface area contributed by atoms with Crippen molar-refractivity contribution >= 4 is 49.3 Å². The van der Waals surface area contributed by atoms with Crippen molar-refractivity contribution in [1.29, 1.82) is 5.26 Å². The summed E-state index contributed by atoms with van der Waals surface area (Å²) in [4.78, 5) is 4.31. The normalized spacial score (nSPS) is 11.7. The topological polar surface area (TPSA) is 38.0 Å². The Morgan fingerprint density at radius 2 is 0.730 bits per heavy atom. The maximum Gasteiger partial charge on any atom is 0.416 e. The molecule has 0 radical (unpaired) electrons. The summed E-state index contributed by atoms with van der Waals surface area (Å²) in [6.45, 7) is 17.2. The van der Waals surface area contributed by atoms with E-state index in [0.717, 1.165) is 123 Å². The van der Waals surface area contributed by atoms with Gasteiger partial charge in [0.2, 0.25) is 5.69 Å². The van der Waals surface area contributed by atoms with Crippen molar-refractivity contribution in [2.24, 2.45) is 0 Å². The van der Waals surface area contributed by atoms with Crippen LogP contribution in [0.1, 0.15) is 33.4 Å². The third-order valence-corrected chi connectivity index (χ3v) is 14.5. The van der Waals surface area contributed by atoms with Crippen LogP contribution in [0.5, 0.6) is 0 Å². The van der Waals surface area contributed by atoms with Crippen molar-refractivity contribution < 1.29 is 13.2 Å². The van der Waals surface area contributed by atoms with Gasteiger partial charge in [-0.2, -0.15) is 18.4 Å². The minimum Gasteiger partial charge on any atom is -0.319 e. The molecule has 0 spiro atoms. The van der Waals surface area contributed by atoms with E-state index >= 15 is 13.2 Å². The van der Waals surface area contributed by atoms with Gasteiger partial charge in [-0.25, -0.2) is 4.85 Å². The Labute approximate surface area is 426 Å². The second-order valence-corrected chi connectivity index (χ2v) is 19.4. The van der Waals surface area contributed by atoms with E-state index in [0.29, 0.717) is 16.9 Å². The molecule has 0 aliphatic heterocycles. The number of halogens is 3. The van der Waals surface area contributed by atoms with Crippen molar-refractivity contribution in [3.8, 4) is 73.1 Å². The highest BCUT2D eigenvalue weighted by atomic mass is 19.4. The molecule has 0 unspecified atom stereocenters. The number of hydrogen-bond acceptors (Lipinski definition) is 1. The predicted octanol–water partition coefficient (Wildman–Crippen LogP) is 18.9. The Bertz CT molecular complexity index is 4110. The fourth-order valence-corrected chi connectivity index (χ4v) is 10.5. The number of alkyl halides is 3. The van der Waals surface area contributed by atoms with Crippen molar-refractivity contribution in [2.45, 2.75) is 33.9 Å². The lowest BCUT2D eigenvalue weighted by Crippen LogP contribution is -2.06. The second-order valence-electron chi connectivity index (χ2n) is 19.4. The zero-order valence-electron chi connectivity index (χ0n) is 41.0. The summed E-state index contributed by atoms with van der Waals surface area (Å²) in [6.07, 6.45) is -4.76. The average Bonchev–Trinajstić information content (AvgIpc) is 3.91. The fraction of sp³-hybridized carbons (Fsp3) is 0.0746. The lowest BCUT2D eigenvalue weighted by molar-refractivity contribution is -0.137. The van der Waals surface area contributed by atoms with Gasteiger partial charge >= 0.3 is 6.18 Å². The Kier molecular flexibility index (Phi) is 10.9. The molecule has 7 heteroatoms. The molecule has 10 aromatic carbocycles. The first kappa shape index (κ1) is 45.7. The van der Waals surface area contributed by atoms with E-state index < -0.39 is 11.7 Å². The summed E-state index contributed by atoms with van der Waals surface area (Å²) in [7, 11) is 0. The van der Waals surface area contributed by atoms with E-state index in [1.807, 2.05) is 32.0 Å². The highest BCUT2D eigenvalue weighted by molar-refractivity contribution is 6.14. The summed E-state index contributed by atoms with van der Waals surface area (Å²) < 4.78 is 49.4. The van der Waals surface area contributed by atoms with E-state index in [4.69, 9.17) is 6.57 Å². The van der Waals surface area contributed by atoms with E-state index in [-0.39, 0.29) is 16.8 Å². The molecular formula is C67H45F3N4. The van der Waals surface area contributed by atoms with Crippen LogP contribution < -0.4 is 0 Å². The summed E-state index contributed by atoms with van der Waals surface area (Å²) in [5, 5.41) is 14.1. The molecule has 0 bridgehead atoms. The van der Waals surface area contributed by atoms with Crippen molar-refractivity contribution in [1.82, 2.24) is 9.13 Å². The smallest absolute Gasteiger partial charge is 0.319 e. The largest absolute Gasteiger partial charge is 0.416 e. The lowest BCUT2D eigenvalue weighted by Gasteiger charge is -2.20. The van der Waals surface area contributed by atoms with E-state index in [1.165, 1.54) is 6.07 Å². The molecule has 0 amide bonds. The predicted molar refractivity (Wildman–Crippen MR) is 297 cm³/mol. The molecule has 0 fully saturated rings. The molecule has 0 saturated carbocycles. The van der Waals surface area contributed by atoms with E-state index in [9.17, 15) is 5.26 Å². The summed E-state index contributed by atoms with van der Waals surface area (Å²) in [5.41, 5.74) is 16.5. The van der Waals surface area contributed by atoms with E-state index in [1.54, 1.807) is 0 Å². The van der Waals surface area contributed by atoms with E-state index in [2.05, 4.69) is 198 Å². The molecule has 0 saturated heterocycles. The maximum absolute atomic E-state index is 15.1. The van der Waals surface area contributed by atoms with Gasteiger partial charge in [-0.15, -0.1) is 0 Å². The first-order valence-corrected chi connectivity index (χ1v) is 24.5. The Morgan fingerprint density at radius 1 is 0.392 bits per heavy atom. The quantitative estimate of drug-likeness (QED) is 0.147. The number of aromatic nitrogens is 2. The molecule has 12 rings (SSSR count). The third kappa shape index (κ3) is 7.96. The van der Waals surface area contributed by atoms with Crippen LogP contribution in [0.25, 0.3) is 115 Å². The zero-order valence-corrected chi connectivity index (χ0v) is 41.0. The first-order chi connectivity index (χ1) is 35.8. The highest BCUT2D eigenvalue weighted by Gasteiger charge is 2.32. The Hall–Kier alpha value is -9.43. The van der Waals surface area contributed by atoms with Crippen LogP contribution in [-0.4, -0.2) is 9.13 Å². The van der Waals surface area contributed by atoms with Gasteiger partial charge in [0.1, 0.15) is 0 Å². The van der Waals surface area contributed by atoms with Crippen LogP contribution in [0, 0.1) is 45.6 Å². The molecule has 74 heavy (non-hydrogen) atoms.